The second-order valence-electron chi connectivity index (χ2n) is 4.59. The summed E-state index contributed by atoms with van der Waals surface area (Å²) in [6.45, 7) is 1.55. The van der Waals surface area contributed by atoms with E-state index in [2.05, 4.69) is 4.90 Å². The molecule has 5 nitrogen and oxygen atoms in total. The number of carboxylic acid groups (broad SMARTS) is 1. The van der Waals surface area contributed by atoms with E-state index >= 15 is 0 Å². The molecule has 2 N–H and O–H groups in total. The number of aromatic hydroxyl groups is 1. The van der Waals surface area contributed by atoms with Crippen LogP contribution in [0.15, 0.2) is 18.2 Å². The zero-order valence-electron chi connectivity index (χ0n) is 11.4. The molecule has 0 aromatic heterocycles. The molecule has 106 valence electrons. The number of carboxylic acids is 1. The molecular formula is C14H21NO4. The Morgan fingerprint density at radius 3 is 2.68 bits per heavy atom. The van der Waals surface area contributed by atoms with Crippen molar-refractivity contribution in [2.75, 3.05) is 20.7 Å². The topological polar surface area (TPSA) is 70.0 Å². The maximum Gasteiger partial charge on any atom is 0.303 e. The van der Waals surface area contributed by atoms with Gasteiger partial charge in [0.05, 0.1) is 7.11 Å². The molecule has 0 radical (unpaired) electrons. The summed E-state index contributed by atoms with van der Waals surface area (Å²) in [4.78, 5) is 12.5. The lowest BCUT2D eigenvalue weighted by Gasteiger charge is -2.17. The monoisotopic (exact) mass is 267 g/mol. The predicted molar refractivity (Wildman–Crippen MR) is 72.5 cm³/mol. The molecule has 1 aromatic rings. The number of hydrogen-bond donors (Lipinski definition) is 2. The summed E-state index contributed by atoms with van der Waals surface area (Å²) in [6.07, 6.45) is 1.76. The number of benzene rings is 1. The Labute approximate surface area is 113 Å². The lowest BCUT2D eigenvalue weighted by molar-refractivity contribution is -0.137. The van der Waals surface area contributed by atoms with Crippen LogP contribution in [-0.4, -0.2) is 41.8 Å². The van der Waals surface area contributed by atoms with E-state index in [0.717, 1.165) is 18.5 Å². The molecule has 0 atom stereocenters. The van der Waals surface area contributed by atoms with Crippen LogP contribution in [0, 0.1) is 0 Å². The Hall–Kier alpha value is -1.75. The van der Waals surface area contributed by atoms with Gasteiger partial charge in [0.25, 0.3) is 0 Å². The van der Waals surface area contributed by atoms with E-state index in [-0.39, 0.29) is 12.2 Å². The lowest BCUT2D eigenvalue weighted by Crippen LogP contribution is -2.19. The van der Waals surface area contributed by atoms with Crippen molar-refractivity contribution in [3.63, 3.8) is 0 Å². The largest absolute Gasteiger partial charge is 0.504 e. The van der Waals surface area contributed by atoms with Gasteiger partial charge >= 0.3 is 5.97 Å². The molecular weight excluding hydrogens is 246 g/mol. The number of unbranched alkanes of at least 4 members (excludes halogenated alkanes) is 1. The molecule has 0 fully saturated rings. The van der Waals surface area contributed by atoms with E-state index in [0.29, 0.717) is 18.7 Å². The number of hydrogen-bond acceptors (Lipinski definition) is 4. The molecule has 0 saturated carbocycles. The van der Waals surface area contributed by atoms with E-state index in [1.54, 1.807) is 12.1 Å². The highest BCUT2D eigenvalue weighted by molar-refractivity contribution is 5.66. The fraction of sp³-hybridized carbons (Fsp3) is 0.500. The summed E-state index contributed by atoms with van der Waals surface area (Å²) >= 11 is 0. The molecule has 1 aromatic carbocycles. The van der Waals surface area contributed by atoms with Crippen LogP contribution >= 0.6 is 0 Å². The van der Waals surface area contributed by atoms with Gasteiger partial charge in [0.15, 0.2) is 11.5 Å². The molecule has 0 aliphatic carbocycles. The molecule has 0 unspecified atom stereocenters. The number of phenols is 1. The maximum absolute atomic E-state index is 10.4. The van der Waals surface area contributed by atoms with Gasteiger partial charge in [-0.25, -0.2) is 0 Å². The van der Waals surface area contributed by atoms with Crippen LogP contribution in [-0.2, 0) is 11.3 Å². The van der Waals surface area contributed by atoms with Gasteiger partial charge < -0.3 is 19.8 Å². The highest BCUT2D eigenvalue weighted by Gasteiger charge is 2.05. The van der Waals surface area contributed by atoms with Crippen molar-refractivity contribution in [1.82, 2.24) is 4.90 Å². The number of rotatable bonds is 8. The van der Waals surface area contributed by atoms with Crippen LogP contribution in [0.5, 0.6) is 11.5 Å². The fourth-order valence-electron chi connectivity index (χ4n) is 1.88. The van der Waals surface area contributed by atoms with Crippen LogP contribution < -0.4 is 4.74 Å². The van der Waals surface area contributed by atoms with Crippen LogP contribution in [0.2, 0.25) is 0 Å². The Kier molecular flexibility index (Phi) is 6.15. The third-order valence-electron chi connectivity index (χ3n) is 2.88. The van der Waals surface area contributed by atoms with Crippen molar-refractivity contribution in [2.24, 2.45) is 0 Å². The highest BCUT2D eigenvalue weighted by Crippen LogP contribution is 2.26. The van der Waals surface area contributed by atoms with Crippen molar-refractivity contribution in [3.05, 3.63) is 23.8 Å². The molecule has 0 amide bonds. The zero-order chi connectivity index (χ0) is 14.3. The van der Waals surface area contributed by atoms with Crippen molar-refractivity contribution < 1.29 is 19.7 Å². The van der Waals surface area contributed by atoms with Crippen molar-refractivity contribution in [3.8, 4) is 11.5 Å². The van der Waals surface area contributed by atoms with Gasteiger partial charge in [-0.05, 0) is 44.1 Å². The summed E-state index contributed by atoms with van der Waals surface area (Å²) in [5.74, 6) is -0.144. The van der Waals surface area contributed by atoms with Gasteiger partial charge in [-0.2, -0.15) is 0 Å². The predicted octanol–water partition coefficient (Wildman–Crippen LogP) is 2.09. The van der Waals surface area contributed by atoms with Crippen LogP contribution in [0.3, 0.4) is 0 Å². The first-order valence-corrected chi connectivity index (χ1v) is 6.29. The number of carbonyl (C=O) groups is 1. The van der Waals surface area contributed by atoms with Gasteiger partial charge in [0.2, 0.25) is 0 Å². The average molecular weight is 267 g/mol. The second kappa shape index (κ2) is 7.63. The van der Waals surface area contributed by atoms with Gasteiger partial charge in [-0.3, -0.25) is 4.79 Å². The SMILES string of the molecule is COc1ccc(CN(C)CCCCC(=O)O)cc1O. The normalized spacial score (nSPS) is 10.7. The quantitative estimate of drug-likeness (QED) is 0.706. The summed E-state index contributed by atoms with van der Waals surface area (Å²) in [7, 11) is 3.49. The Balaban J connectivity index is 2.37. The Bertz CT molecular complexity index is 420. The van der Waals surface area contributed by atoms with Crippen molar-refractivity contribution in [2.45, 2.75) is 25.8 Å². The second-order valence-corrected chi connectivity index (χ2v) is 4.59. The molecule has 0 bridgehead atoms. The lowest BCUT2D eigenvalue weighted by atomic mass is 10.1. The van der Waals surface area contributed by atoms with Gasteiger partial charge in [-0.15, -0.1) is 0 Å². The molecule has 5 heteroatoms. The molecule has 0 aliphatic heterocycles. The number of ether oxygens (including phenoxy) is 1. The molecule has 19 heavy (non-hydrogen) atoms. The van der Waals surface area contributed by atoms with Crippen LogP contribution in [0.25, 0.3) is 0 Å². The first-order chi connectivity index (χ1) is 9.02. The van der Waals surface area contributed by atoms with Crippen molar-refractivity contribution >= 4 is 5.97 Å². The third-order valence-corrected chi connectivity index (χ3v) is 2.88. The molecule has 0 spiro atoms. The van der Waals surface area contributed by atoms with E-state index in [9.17, 15) is 9.90 Å². The first-order valence-electron chi connectivity index (χ1n) is 6.29. The number of methoxy groups -OCH3 is 1. The van der Waals surface area contributed by atoms with Gasteiger partial charge in [-0.1, -0.05) is 6.07 Å². The minimum atomic E-state index is -0.747. The summed E-state index contributed by atoms with van der Waals surface area (Å²) in [6, 6.07) is 5.34. The van der Waals surface area contributed by atoms with Gasteiger partial charge in [0, 0.05) is 13.0 Å². The number of nitrogens with zero attached hydrogens (tertiary/aromatic N) is 1. The first kappa shape index (κ1) is 15.3. The van der Waals surface area contributed by atoms with E-state index in [1.807, 2.05) is 13.1 Å². The van der Waals surface area contributed by atoms with E-state index in [1.165, 1.54) is 7.11 Å². The Morgan fingerprint density at radius 1 is 1.37 bits per heavy atom. The smallest absolute Gasteiger partial charge is 0.303 e. The standard InChI is InChI=1S/C14H21NO4/c1-15(8-4-3-5-14(17)18)10-11-6-7-13(19-2)12(16)9-11/h6-7,9,16H,3-5,8,10H2,1-2H3,(H,17,18). The minimum absolute atomic E-state index is 0.138. The van der Waals surface area contributed by atoms with Crippen LogP contribution in [0.4, 0.5) is 0 Å². The summed E-state index contributed by atoms with van der Waals surface area (Å²) in [5.41, 5.74) is 0.999. The maximum atomic E-state index is 10.4. The minimum Gasteiger partial charge on any atom is -0.504 e. The molecule has 1 rings (SSSR count). The summed E-state index contributed by atoms with van der Waals surface area (Å²) < 4.78 is 4.99. The van der Waals surface area contributed by atoms with Crippen molar-refractivity contribution in [1.29, 1.82) is 0 Å². The molecule has 0 saturated heterocycles. The zero-order valence-corrected chi connectivity index (χ0v) is 11.4. The average Bonchev–Trinajstić information content (AvgIpc) is 2.35. The van der Waals surface area contributed by atoms with E-state index < -0.39 is 5.97 Å². The highest BCUT2D eigenvalue weighted by atomic mass is 16.5. The number of phenolic OH excluding ortho intramolecular Hbond substituents is 1. The molecule has 0 aliphatic rings. The summed E-state index contributed by atoms with van der Waals surface area (Å²) in [5, 5.41) is 18.2. The fourth-order valence-corrected chi connectivity index (χ4v) is 1.88. The van der Waals surface area contributed by atoms with Gasteiger partial charge in [0.1, 0.15) is 0 Å². The number of aliphatic carboxylic acids is 1. The molecule has 0 heterocycles. The van der Waals surface area contributed by atoms with E-state index in [4.69, 9.17) is 9.84 Å². The Morgan fingerprint density at radius 2 is 2.11 bits per heavy atom. The third kappa shape index (κ3) is 5.61. The van der Waals surface area contributed by atoms with Crippen LogP contribution in [0.1, 0.15) is 24.8 Å².